The van der Waals surface area contributed by atoms with Crippen LogP contribution < -0.4 is 5.32 Å². The summed E-state index contributed by atoms with van der Waals surface area (Å²) >= 11 is 9.91. The van der Waals surface area contributed by atoms with Gasteiger partial charge in [0.1, 0.15) is 0 Å². The van der Waals surface area contributed by atoms with Crippen molar-refractivity contribution < 1.29 is 4.74 Å². The first-order valence-corrected chi connectivity index (χ1v) is 7.48. The number of aromatic nitrogens is 2. The molecule has 2 aromatic rings. The molecule has 0 bridgehead atoms. The second-order valence-electron chi connectivity index (χ2n) is 4.34. The Balaban J connectivity index is 2.42. The van der Waals surface area contributed by atoms with Gasteiger partial charge in [-0.05, 0) is 18.7 Å². The van der Waals surface area contributed by atoms with Crippen molar-refractivity contribution in [3.63, 3.8) is 0 Å². The van der Waals surface area contributed by atoms with Crippen molar-refractivity contribution in [2.24, 2.45) is 0 Å². The summed E-state index contributed by atoms with van der Waals surface area (Å²) in [5, 5.41) is 8.28. The van der Waals surface area contributed by atoms with Gasteiger partial charge in [0.15, 0.2) is 0 Å². The molecule has 0 aliphatic heterocycles. The third kappa shape index (κ3) is 3.23. The lowest BCUT2D eigenvalue weighted by Gasteiger charge is -2.20. The van der Waals surface area contributed by atoms with E-state index in [-0.39, 0.29) is 6.04 Å². The number of ether oxygens (including phenoxy) is 1. The van der Waals surface area contributed by atoms with Gasteiger partial charge in [-0.25, -0.2) is 0 Å². The number of nitrogens with one attached hydrogen (secondary N) is 1. The normalized spacial score (nSPS) is 12.6. The summed E-state index contributed by atoms with van der Waals surface area (Å²) in [4.78, 5) is 0. The highest BCUT2D eigenvalue weighted by atomic mass is 79.9. The van der Waals surface area contributed by atoms with Crippen LogP contribution in [0.25, 0.3) is 0 Å². The molecule has 1 aromatic heterocycles. The molecule has 0 aliphatic rings. The Hall–Kier alpha value is -0.880. The van der Waals surface area contributed by atoms with E-state index in [1.165, 1.54) is 0 Å². The maximum atomic E-state index is 6.32. The van der Waals surface area contributed by atoms with Gasteiger partial charge in [0.05, 0.1) is 36.1 Å². The molecule has 0 radical (unpaired) electrons. The molecule has 0 saturated heterocycles. The van der Waals surface area contributed by atoms with Crippen LogP contribution in [0.2, 0.25) is 5.02 Å². The van der Waals surface area contributed by atoms with Gasteiger partial charge in [0.2, 0.25) is 0 Å². The molecule has 2 rings (SSSR count). The highest BCUT2D eigenvalue weighted by molar-refractivity contribution is 9.10. The van der Waals surface area contributed by atoms with E-state index in [2.05, 4.69) is 32.4 Å². The Kier molecular flexibility index (Phi) is 5.60. The summed E-state index contributed by atoms with van der Waals surface area (Å²) in [5.74, 6) is 0. The van der Waals surface area contributed by atoms with E-state index in [1.54, 1.807) is 13.3 Å². The first-order valence-electron chi connectivity index (χ1n) is 6.30. The highest BCUT2D eigenvalue weighted by Crippen LogP contribution is 2.32. The summed E-state index contributed by atoms with van der Waals surface area (Å²) < 4.78 is 8.04. The highest BCUT2D eigenvalue weighted by Gasteiger charge is 2.22. The van der Waals surface area contributed by atoms with Gasteiger partial charge >= 0.3 is 0 Å². The standard InChI is InChI=1S/C14H17BrClN3O/c1-17-13(10-5-3-4-6-11(10)15)14-12(16)9-18-19(14)7-8-20-2/h3-6,9,13,17H,7-8H2,1-2H3. The third-order valence-corrected chi connectivity index (χ3v) is 4.13. The van der Waals surface area contributed by atoms with Crippen molar-refractivity contribution in [3.8, 4) is 0 Å². The molecule has 1 N–H and O–H groups in total. The van der Waals surface area contributed by atoms with E-state index < -0.39 is 0 Å². The molecule has 108 valence electrons. The summed E-state index contributed by atoms with van der Waals surface area (Å²) in [6.45, 7) is 1.26. The number of benzene rings is 1. The zero-order valence-corrected chi connectivity index (χ0v) is 13.8. The summed E-state index contributed by atoms with van der Waals surface area (Å²) in [5.41, 5.74) is 2.06. The fraction of sp³-hybridized carbons (Fsp3) is 0.357. The Labute approximate surface area is 132 Å². The Morgan fingerprint density at radius 3 is 2.85 bits per heavy atom. The molecular weight excluding hydrogens is 342 g/mol. The monoisotopic (exact) mass is 357 g/mol. The topological polar surface area (TPSA) is 39.1 Å². The van der Waals surface area contributed by atoms with E-state index in [4.69, 9.17) is 16.3 Å². The van der Waals surface area contributed by atoms with E-state index in [9.17, 15) is 0 Å². The maximum absolute atomic E-state index is 6.32. The summed E-state index contributed by atoms with van der Waals surface area (Å²) in [6, 6.07) is 8.05. The average molecular weight is 359 g/mol. The van der Waals surface area contributed by atoms with Crippen LogP contribution in [0.1, 0.15) is 17.3 Å². The van der Waals surface area contributed by atoms with E-state index >= 15 is 0 Å². The Bertz CT molecular complexity index is 573. The van der Waals surface area contributed by atoms with Crippen molar-refractivity contribution in [1.82, 2.24) is 15.1 Å². The second-order valence-corrected chi connectivity index (χ2v) is 5.60. The molecular formula is C14H17BrClN3O. The minimum absolute atomic E-state index is 0.0302. The predicted molar refractivity (Wildman–Crippen MR) is 84.2 cm³/mol. The molecule has 0 saturated carbocycles. The van der Waals surface area contributed by atoms with Crippen LogP contribution >= 0.6 is 27.5 Å². The van der Waals surface area contributed by atoms with Crippen molar-refractivity contribution in [1.29, 1.82) is 0 Å². The molecule has 6 heteroatoms. The summed E-state index contributed by atoms with van der Waals surface area (Å²) in [7, 11) is 3.59. The molecule has 20 heavy (non-hydrogen) atoms. The lowest BCUT2D eigenvalue weighted by atomic mass is 10.0. The van der Waals surface area contributed by atoms with Crippen LogP contribution in [-0.4, -0.2) is 30.5 Å². The number of hydrogen-bond acceptors (Lipinski definition) is 3. The first kappa shape index (κ1) is 15.5. The first-order chi connectivity index (χ1) is 9.69. The van der Waals surface area contributed by atoms with Gasteiger partial charge in [-0.15, -0.1) is 0 Å². The van der Waals surface area contributed by atoms with Crippen LogP contribution in [0.3, 0.4) is 0 Å². The van der Waals surface area contributed by atoms with Crippen molar-refractivity contribution >= 4 is 27.5 Å². The second kappa shape index (κ2) is 7.22. The van der Waals surface area contributed by atoms with E-state index in [1.807, 2.05) is 29.9 Å². The van der Waals surface area contributed by atoms with Crippen LogP contribution in [0.4, 0.5) is 0 Å². The van der Waals surface area contributed by atoms with Gasteiger partial charge in [0.25, 0.3) is 0 Å². The molecule has 1 heterocycles. The lowest BCUT2D eigenvalue weighted by Crippen LogP contribution is -2.23. The number of methoxy groups -OCH3 is 1. The minimum Gasteiger partial charge on any atom is -0.383 e. The van der Waals surface area contributed by atoms with Crippen LogP contribution in [-0.2, 0) is 11.3 Å². The third-order valence-electron chi connectivity index (χ3n) is 3.12. The number of halogens is 2. The van der Waals surface area contributed by atoms with Crippen molar-refractivity contribution in [2.75, 3.05) is 20.8 Å². The molecule has 0 spiro atoms. The molecule has 0 aliphatic carbocycles. The van der Waals surface area contributed by atoms with E-state index in [0.29, 0.717) is 18.2 Å². The zero-order valence-electron chi connectivity index (χ0n) is 11.4. The van der Waals surface area contributed by atoms with Gasteiger partial charge < -0.3 is 10.1 Å². The lowest BCUT2D eigenvalue weighted by molar-refractivity contribution is 0.182. The molecule has 1 aromatic carbocycles. The van der Waals surface area contributed by atoms with Crippen molar-refractivity contribution in [2.45, 2.75) is 12.6 Å². The van der Waals surface area contributed by atoms with E-state index in [0.717, 1.165) is 15.7 Å². The van der Waals surface area contributed by atoms with Crippen LogP contribution in [0, 0.1) is 0 Å². The quantitative estimate of drug-likeness (QED) is 0.861. The van der Waals surface area contributed by atoms with Gasteiger partial charge in [-0.3, -0.25) is 4.68 Å². The van der Waals surface area contributed by atoms with Gasteiger partial charge in [-0.2, -0.15) is 5.10 Å². The molecule has 0 fully saturated rings. The van der Waals surface area contributed by atoms with Gasteiger partial charge in [0, 0.05) is 11.6 Å². The number of nitrogens with zero attached hydrogens (tertiary/aromatic N) is 2. The Morgan fingerprint density at radius 2 is 2.20 bits per heavy atom. The minimum atomic E-state index is -0.0302. The molecule has 4 nitrogen and oxygen atoms in total. The molecule has 0 amide bonds. The fourth-order valence-electron chi connectivity index (χ4n) is 2.16. The fourth-order valence-corrected chi connectivity index (χ4v) is 2.93. The largest absolute Gasteiger partial charge is 0.383 e. The summed E-state index contributed by atoms with van der Waals surface area (Å²) in [6.07, 6.45) is 1.67. The maximum Gasteiger partial charge on any atom is 0.0837 e. The smallest absolute Gasteiger partial charge is 0.0837 e. The predicted octanol–water partition coefficient (Wildman–Crippen LogP) is 3.25. The number of rotatable bonds is 6. The zero-order chi connectivity index (χ0) is 14.5. The Morgan fingerprint density at radius 1 is 1.45 bits per heavy atom. The van der Waals surface area contributed by atoms with Crippen LogP contribution in [0.5, 0.6) is 0 Å². The molecule has 1 atom stereocenters. The molecule has 1 unspecified atom stereocenters. The average Bonchev–Trinajstić information content (AvgIpc) is 2.81. The van der Waals surface area contributed by atoms with Gasteiger partial charge in [-0.1, -0.05) is 45.7 Å². The SMILES string of the molecule is CNC(c1ccccc1Br)c1c(Cl)cnn1CCOC. The van der Waals surface area contributed by atoms with Crippen LogP contribution in [0.15, 0.2) is 34.9 Å². The number of hydrogen-bond donors (Lipinski definition) is 1. The van der Waals surface area contributed by atoms with Crippen molar-refractivity contribution in [3.05, 3.63) is 51.2 Å².